The van der Waals surface area contributed by atoms with Gasteiger partial charge < -0.3 is 5.11 Å². The van der Waals surface area contributed by atoms with Crippen molar-refractivity contribution in [1.82, 2.24) is 4.90 Å². The SMILES string of the molecule is Cc1cc(Br)cc(CN2CCC(c3ccccc3)C2)c1O. The van der Waals surface area contributed by atoms with E-state index in [1.54, 1.807) is 0 Å². The number of halogens is 1. The Morgan fingerprint density at radius 2 is 2.00 bits per heavy atom. The third-order valence-corrected chi connectivity index (χ3v) is 4.74. The average molecular weight is 346 g/mol. The predicted octanol–water partition coefficient (Wildman–Crippen LogP) is 4.45. The molecule has 1 heterocycles. The predicted molar refractivity (Wildman–Crippen MR) is 89.6 cm³/mol. The first-order chi connectivity index (χ1) is 10.1. The summed E-state index contributed by atoms with van der Waals surface area (Å²) in [7, 11) is 0. The maximum Gasteiger partial charge on any atom is 0.123 e. The number of benzene rings is 2. The van der Waals surface area contributed by atoms with Gasteiger partial charge in [-0.25, -0.2) is 0 Å². The second-order valence-electron chi connectivity index (χ2n) is 5.86. The van der Waals surface area contributed by atoms with Crippen molar-refractivity contribution in [3.63, 3.8) is 0 Å². The molecule has 21 heavy (non-hydrogen) atoms. The third-order valence-electron chi connectivity index (χ3n) is 4.28. The maximum absolute atomic E-state index is 10.2. The maximum atomic E-state index is 10.2. The van der Waals surface area contributed by atoms with E-state index >= 15 is 0 Å². The lowest BCUT2D eigenvalue weighted by Gasteiger charge is -2.18. The number of likely N-dealkylation sites (tertiary alicyclic amines) is 1. The molecule has 0 bridgehead atoms. The van der Waals surface area contributed by atoms with E-state index in [0.29, 0.717) is 11.7 Å². The van der Waals surface area contributed by atoms with E-state index in [4.69, 9.17) is 0 Å². The Morgan fingerprint density at radius 3 is 2.76 bits per heavy atom. The minimum Gasteiger partial charge on any atom is -0.507 e. The molecule has 3 heteroatoms. The zero-order chi connectivity index (χ0) is 14.8. The monoisotopic (exact) mass is 345 g/mol. The highest BCUT2D eigenvalue weighted by Gasteiger charge is 2.24. The van der Waals surface area contributed by atoms with Crippen molar-refractivity contribution >= 4 is 15.9 Å². The minimum atomic E-state index is 0.432. The summed E-state index contributed by atoms with van der Waals surface area (Å²) >= 11 is 3.52. The van der Waals surface area contributed by atoms with Gasteiger partial charge in [-0.05, 0) is 49.1 Å². The Kier molecular flexibility index (Phi) is 4.32. The van der Waals surface area contributed by atoms with E-state index in [2.05, 4.69) is 51.2 Å². The number of hydrogen-bond acceptors (Lipinski definition) is 2. The molecule has 2 aromatic rings. The standard InChI is InChI=1S/C18H20BrNO/c1-13-9-17(19)10-16(18(13)21)12-20-8-7-15(11-20)14-5-3-2-4-6-14/h2-6,9-10,15,21H,7-8,11-12H2,1H3. The van der Waals surface area contributed by atoms with Crippen LogP contribution in [0, 0.1) is 6.92 Å². The zero-order valence-electron chi connectivity index (χ0n) is 12.2. The van der Waals surface area contributed by atoms with Crippen molar-refractivity contribution in [1.29, 1.82) is 0 Å². The minimum absolute atomic E-state index is 0.432. The highest BCUT2D eigenvalue weighted by molar-refractivity contribution is 9.10. The number of phenols is 1. The fourth-order valence-corrected chi connectivity index (χ4v) is 3.76. The number of rotatable bonds is 3. The Balaban J connectivity index is 1.71. The van der Waals surface area contributed by atoms with E-state index in [-0.39, 0.29) is 0 Å². The molecule has 2 nitrogen and oxygen atoms in total. The number of nitrogens with zero attached hydrogens (tertiary/aromatic N) is 1. The van der Waals surface area contributed by atoms with Crippen molar-refractivity contribution < 1.29 is 5.11 Å². The van der Waals surface area contributed by atoms with Crippen LogP contribution in [0.5, 0.6) is 5.75 Å². The van der Waals surface area contributed by atoms with Crippen LogP contribution in [-0.4, -0.2) is 23.1 Å². The van der Waals surface area contributed by atoms with Gasteiger partial charge in [0.05, 0.1) is 0 Å². The van der Waals surface area contributed by atoms with Crippen LogP contribution in [0.15, 0.2) is 46.9 Å². The lowest BCUT2D eigenvalue weighted by atomic mass is 9.99. The second-order valence-corrected chi connectivity index (χ2v) is 6.78. The van der Waals surface area contributed by atoms with Gasteiger partial charge in [0.1, 0.15) is 5.75 Å². The summed E-state index contributed by atoms with van der Waals surface area (Å²) in [6, 6.07) is 14.7. The van der Waals surface area contributed by atoms with Crippen LogP contribution in [0.4, 0.5) is 0 Å². The van der Waals surface area contributed by atoms with Gasteiger partial charge in [0.15, 0.2) is 0 Å². The normalized spacial score (nSPS) is 19.0. The Labute approximate surface area is 134 Å². The molecular formula is C18H20BrNO. The molecule has 0 aromatic heterocycles. The summed E-state index contributed by atoms with van der Waals surface area (Å²) in [5.41, 5.74) is 3.36. The molecular weight excluding hydrogens is 326 g/mol. The van der Waals surface area contributed by atoms with Gasteiger partial charge in [0.2, 0.25) is 0 Å². The highest BCUT2D eigenvalue weighted by Crippen LogP contribution is 2.32. The molecule has 1 saturated heterocycles. The van der Waals surface area contributed by atoms with Gasteiger partial charge in [-0.15, -0.1) is 0 Å². The molecule has 3 rings (SSSR count). The van der Waals surface area contributed by atoms with Crippen molar-refractivity contribution in [3.05, 3.63) is 63.6 Å². The molecule has 1 aliphatic heterocycles. The molecule has 0 saturated carbocycles. The van der Waals surface area contributed by atoms with Crippen LogP contribution >= 0.6 is 15.9 Å². The van der Waals surface area contributed by atoms with Crippen molar-refractivity contribution in [2.45, 2.75) is 25.8 Å². The summed E-state index contributed by atoms with van der Waals surface area (Å²) in [5, 5.41) is 10.2. The fourth-order valence-electron chi connectivity index (χ4n) is 3.14. The first-order valence-electron chi connectivity index (χ1n) is 7.39. The molecule has 1 unspecified atom stereocenters. The van der Waals surface area contributed by atoms with Gasteiger partial charge in [-0.3, -0.25) is 4.90 Å². The van der Waals surface area contributed by atoms with Crippen LogP contribution in [-0.2, 0) is 6.54 Å². The van der Waals surface area contributed by atoms with Crippen LogP contribution < -0.4 is 0 Å². The lowest BCUT2D eigenvalue weighted by molar-refractivity contribution is 0.319. The van der Waals surface area contributed by atoms with Crippen molar-refractivity contribution in [3.8, 4) is 5.75 Å². The summed E-state index contributed by atoms with van der Waals surface area (Å²) in [6.45, 7) is 4.91. The molecule has 2 aromatic carbocycles. The number of aromatic hydroxyl groups is 1. The van der Waals surface area contributed by atoms with Gasteiger partial charge in [0, 0.05) is 23.1 Å². The number of aryl methyl sites for hydroxylation is 1. The average Bonchev–Trinajstić information content (AvgIpc) is 2.94. The molecule has 1 N–H and O–H groups in total. The summed E-state index contributed by atoms with van der Waals surface area (Å²) in [5.74, 6) is 1.04. The van der Waals surface area contributed by atoms with Gasteiger partial charge in [-0.1, -0.05) is 46.3 Å². The third kappa shape index (κ3) is 3.30. The van der Waals surface area contributed by atoms with E-state index in [0.717, 1.165) is 35.2 Å². The van der Waals surface area contributed by atoms with Gasteiger partial charge in [-0.2, -0.15) is 0 Å². The smallest absolute Gasteiger partial charge is 0.123 e. The van der Waals surface area contributed by atoms with Crippen molar-refractivity contribution in [2.24, 2.45) is 0 Å². The van der Waals surface area contributed by atoms with E-state index in [1.807, 2.05) is 19.1 Å². The van der Waals surface area contributed by atoms with Crippen LogP contribution in [0.1, 0.15) is 29.0 Å². The van der Waals surface area contributed by atoms with E-state index < -0.39 is 0 Å². The summed E-state index contributed by atoms with van der Waals surface area (Å²) in [6.07, 6.45) is 1.19. The number of phenolic OH excluding ortho intramolecular Hbond substituents is 1. The Hall–Kier alpha value is -1.32. The van der Waals surface area contributed by atoms with Crippen LogP contribution in [0.2, 0.25) is 0 Å². The highest BCUT2D eigenvalue weighted by atomic mass is 79.9. The fraction of sp³-hybridized carbons (Fsp3) is 0.333. The molecule has 110 valence electrons. The molecule has 0 spiro atoms. The van der Waals surface area contributed by atoms with Gasteiger partial charge >= 0.3 is 0 Å². The molecule has 0 aliphatic carbocycles. The molecule has 1 atom stereocenters. The first-order valence-corrected chi connectivity index (χ1v) is 8.18. The largest absolute Gasteiger partial charge is 0.507 e. The molecule has 0 radical (unpaired) electrons. The molecule has 1 fully saturated rings. The van der Waals surface area contributed by atoms with Crippen molar-refractivity contribution in [2.75, 3.05) is 13.1 Å². The summed E-state index contributed by atoms with van der Waals surface area (Å²) in [4.78, 5) is 2.43. The quantitative estimate of drug-likeness (QED) is 0.887. The second kappa shape index (κ2) is 6.20. The van der Waals surface area contributed by atoms with Crippen LogP contribution in [0.3, 0.4) is 0 Å². The van der Waals surface area contributed by atoms with E-state index in [1.165, 1.54) is 12.0 Å². The van der Waals surface area contributed by atoms with Crippen LogP contribution in [0.25, 0.3) is 0 Å². The topological polar surface area (TPSA) is 23.5 Å². The zero-order valence-corrected chi connectivity index (χ0v) is 13.8. The number of hydrogen-bond donors (Lipinski definition) is 1. The lowest BCUT2D eigenvalue weighted by Crippen LogP contribution is -2.20. The molecule has 0 amide bonds. The van der Waals surface area contributed by atoms with E-state index in [9.17, 15) is 5.11 Å². The Bertz CT molecular complexity index is 627. The Morgan fingerprint density at radius 1 is 1.24 bits per heavy atom. The molecule has 1 aliphatic rings. The van der Waals surface area contributed by atoms with Gasteiger partial charge in [0.25, 0.3) is 0 Å². The summed E-state index contributed by atoms with van der Waals surface area (Å²) < 4.78 is 1.03. The first kappa shape index (κ1) is 14.6.